The molecule has 0 bridgehead atoms. The van der Waals surface area contributed by atoms with Crippen molar-refractivity contribution < 1.29 is 14.0 Å². The standard InChI is InChI=1S/C15H17FN4O2/c16-13-4-3-12(6-11(13)7-17)19-8-14(21)20-5-1-2-10(9-20)15(18)22/h3-4,6,10,19H,1-2,5,8-9H2,(H2,18,22)/t10-/m1/s1. The van der Waals surface area contributed by atoms with Gasteiger partial charge in [-0.2, -0.15) is 5.26 Å². The van der Waals surface area contributed by atoms with E-state index in [-0.39, 0.29) is 29.8 Å². The van der Waals surface area contributed by atoms with Crippen molar-refractivity contribution in [2.75, 3.05) is 25.0 Å². The predicted octanol–water partition coefficient (Wildman–Crippen LogP) is 0.833. The Morgan fingerprint density at radius 2 is 2.27 bits per heavy atom. The van der Waals surface area contributed by atoms with Crippen LogP contribution in [-0.4, -0.2) is 36.3 Å². The minimum Gasteiger partial charge on any atom is -0.376 e. The molecule has 1 aliphatic rings. The Morgan fingerprint density at radius 3 is 2.95 bits per heavy atom. The van der Waals surface area contributed by atoms with E-state index < -0.39 is 5.82 Å². The molecule has 1 saturated heterocycles. The van der Waals surface area contributed by atoms with Gasteiger partial charge in [-0.3, -0.25) is 9.59 Å². The van der Waals surface area contributed by atoms with Gasteiger partial charge in [-0.15, -0.1) is 0 Å². The van der Waals surface area contributed by atoms with E-state index >= 15 is 0 Å². The Hall–Kier alpha value is -2.62. The van der Waals surface area contributed by atoms with E-state index in [2.05, 4.69) is 5.32 Å². The Labute approximate surface area is 127 Å². The monoisotopic (exact) mass is 304 g/mol. The number of hydrogen-bond donors (Lipinski definition) is 2. The third kappa shape index (κ3) is 3.73. The predicted molar refractivity (Wildman–Crippen MR) is 78.1 cm³/mol. The van der Waals surface area contributed by atoms with Crippen molar-refractivity contribution in [3.05, 3.63) is 29.6 Å². The Morgan fingerprint density at radius 1 is 1.50 bits per heavy atom. The van der Waals surface area contributed by atoms with E-state index in [1.54, 1.807) is 11.0 Å². The van der Waals surface area contributed by atoms with E-state index in [1.807, 2.05) is 0 Å². The number of nitrogens with two attached hydrogens (primary N) is 1. The van der Waals surface area contributed by atoms with E-state index in [0.29, 0.717) is 25.2 Å². The van der Waals surface area contributed by atoms with Crippen molar-refractivity contribution in [3.63, 3.8) is 0 Å². The lowest BCUT2D eigenvalue weighted by Gasteiger charge is -2.31. The minimum atomic E-state index is -0.597. The van der Waals surface area contributed by atoms with Crippen LogP contribution in [0.2, 0.25) is 0 Å². The number of hydrogen-bond acceptors (Lipinski definition) is 4. The van der Waals surface area contributed by atoms with Gasteiger partial charge in [0.25, 0.3) is 0 Å². The zero-order chi connectivity index (χ0) is 16.1. The fraction of sp³-hybridized carbons (Fsp3) is 0.400. The molecule has 1 fully saturated rings. The molecule has 1 aromatic carbocycles. The maximum atomic E-state index is 13.2. The van der Waals surface area contributed by atoms with Crippen LogP contribution < -0.4 is 11.1 Å². The number of primary amides is 1. The summed E-state index contributed by atoms with van der Waals surface area (Å²) in [5.41, 5.74) is 5.70. The topological polar surface area (TPSA) is 99.2 Å². The zero-order valence-corrected chi connectivity index (χ0v) is 12.0. The largest absolute Gasteiger partial charge is 0.376 e. The smallest absolute Gasteiger partial charge is 0.241 e. The number of rotatable bonds is 4. The van der Waals surface area contributed by atoms with Crippen LogP contribution in [0.1, 0.15) is 18.4 Å². The first-order valence-corrected chi connectivity index (χ1v) is 7.02. The number of amides is 2. The second kappa shape index (κ2) is 6.89. The fourth-order valence-electron chi connectivity index (χ4n) is 2.45. The third-order valence-corrected chi connectivity index (χ3v) is 3.71. The Balaban J connectivity index is 1.92. The molecule has 0 saturated carbocycles. The molecule has 0 aliphatic carbocycles. The number of piperidine rings is 1. The molecule has 2 rings (SSSR count). The van der Waals surface area contributed by atoms with Crippen LogP contribution in [0.3, 0.4) is 0 Å². The van der Waals surface area contributed by atoms with Gasteiger partial charge in [-0.05, 0) is 31.0 Å². The van der Waals surface area contributed by atoms with Gasteiger partial charge in [-0.1, -0.05) is 0 Å². The molecule has 1 atom stereocenters. The van der Waals surface area contributed by atoms with Crippen molar-refractivity contribution >= 4 is 17.5 Å². The molecule has 22 heavy (non-hydrogen) atoms. The molecule has 3 N–H and O–H groups in total. The first-order valence-electron chi connectivity index (χ1n) is 7.02. The van der Waals surface area contributed by atoms with Crippen molar-refractivity contribution in [3.8, 4) is 6.07 Å². The summed E-state index contributed by atoms with van der Waals surface area (Å²) in [4.78, 5) is 24.9. The summed E-state index contributed by atoms with van der Waals surface area (Å²) in [6, 6.07) is 5.74. The van der Waals surface area contributed by atoms with E-state index in [4.69, 9.17) is 11.0 Å². The van der Waals surface area contributed by atoms with E-state index in [1.165, 1.54) is 18.2 Å². The van der Waals surface area contributed by atoms with E-state index in [9.17, 15) is 14.0 Å². The van der Waals surface area contributed by atoms with Gasteiger partial charge >= 0.3 is 0 Å². The highest BCUT2D eigenvalue weighted by molar-refractivity contribution is 5.83. The van der Waals surface area contributed by atoms with Crippen LogP contribution in [0.25, 0.3) is 0 Å². The molecule has 1 heterocycles. The van der Waals surface area contributed by atoms with Gasteiger partial charge in [0.05, 0.1) is 18.0 Å². The lowest BCUT2D eigenvalue weighted by molar-refractivity contribution is -0.133. The molecule has 1 aromatic rings. The maximum Gasteiger partial charge on any atom is 0.241 e. The second-order valence-electron chi connectivity index (χ2n) is 5.24. The van der Waals surface area contributed by atoms with Crippen LogP contribution in [0, 0.1) is 23.1 Å². The molecule has 0 unspecified atom stereocenters. The van der Waals surface area contributed by atoms with Gasteiger partial charge in [0.2, 0.25) is 11.8 Å². The normalized spacial score (nSPS) is 17.6. The summed E-state index contributed by atoms with van der Waals surface area (Å²) in [5, 5.41) is 11.6. The number of nitrogens with one attached hydrogen (secondary N) is 1. The summed E-state index contributed by atoms with van der Waals surface area (Å²) >= 11 is 0. The molecule has 6 nitrogen and oxygen atoms in total. The van der Waals surface area contributed by atoms with Crippen LogP contribution in [-0.2, 0) is 9.59 Å². The highest BCUT2D eigenvalue weighted by Gasteiger charge is 2.26. The summed E-state index contributed by atoms with van der Waals surface area (Å²) in [5.74, 6) is -1.44. The summed E-state index contributed by atoms with van der Waals surface area (Å²) in [6.45, 7) is 0.946. The molecular weight excluding hydrogens is 287 g/mol. The van der Waals surface area contributed by atoms with Crippen LogP contribution in [0.15, 0.2) is 18.2 Å². The minimum absolute atomic E-state index is 0.0159. The lowest BCUT2D eigenvalue weighted by Crippen LogP contribution is -2.45. The first kappa shape index (κ1) is 15.8. The molecular formula is C15H17FN4O2. The second-order valence-corrected chi connectivity index (χ2v) is 5.24. The average Bonchev–Trinajstić information content (AvgIpc) is 2.53. The Bertz CT molecular complexity index is 626. The van der Waals surface area contributed by atoms with Gasteiger partial charge in [0.15, 0.2) is 0 Å². The van der Waals surface area contributed by atoms with Gasteiger partial charge in [0.1, 0.15) is 11.9 Å². The number of nitrogens with zero attached hydrogens (tertiary/aromatic N) is 2. The maximum absolute atomic E-state index is 13.2. The number of anilines is 1. The number of halogens is 1. The summed E-state index contributed by atoms with van der Waals surface area (Å²) < 4.78 is 13.2. The van der Waals surface area contributed by atoms with Crippen molar-refractivity contribution in [1.82, 2.24) is 4.90 Å². The highest BCUT2D eigenvalue weighted by Crippen LogP contribution is 2.17. The van der Waals surface area contributed by atoms with Gasteiger partial charge < -0.3 is 16.0 Å². The van der Waals surface area contributed by atoms with Crippen molar-refractivity contribution in [2.45, 2.75) is 12.8 Å². The summed E-state index contributed by atoms with van der Waals surface area (Å²) in [6.07, 6.45) is 1.45. The summed E-state index contributed by atoms with van der Waals surface area (Å²) in [7, 11) is 0. The fourth-order valence-corrected chi connectivity index (χ4v) is 2.45. The van der Waals surface area contributed by atoms with Crippen LogP contribution in [0.5, 0.6) is 0 Å². The van der Waals surface area contributed by atoms with E-state index in [0.717, 1.165) is 6.42 Å². The van der Waals surface area contributed by atoms with Crippen LogP contribution in [0.4, 0.5) is 10.1 Å². The molecule has 0 radical (unpaired) electrons. The average molecular weight is 304 g/mol. The molecule has 1 aliphatic heterocycles. The van der Waals surface area contributed by atoms with Crippen molar-refractivity contribution in [2.24, 2.45) is 11.7 Å². The molecule has 0 spiro atoms. The number of likely N-dealkylation sites (tertiary alicyclic amines) is 1. The zero-order valence-electron chi connectivity index (χ0n) is 12.0. The quantitative estimate of drug-likeness (QED) is 0.860. The number of nitriles is 1. The number of benzene rings is 1. The number of carbonyl (C=O) groups excluding carboxylic acids is 2. The SMILES string of the molecule is N#Cc1cc(NCC(=O)N2CCC[C@@H](C(N)=O)C2)ccc1F. The first-order chi connectivity index (χ1) is 10.5. The molecule has 7 heteroatoms. The lowest BCUT2D eigenvalue weighted by atomic mass is 9.97. The molecule has 2 amide bonds. The highest BCUT2D eigenvalue weighted by atomic mass is 19.1. The molecule has 0 aromatic heterocycles. The van der Waals surface area contributed by atoms with Crippen LogP contribution >= 0.6 is 0 Å². The van der Waals surface area contributed by atoms with Gasteiger partial charge in [-0.25, -0.2) is 4.39 Å². The van der Waals surface area contributed by atoms with Crippen molar-refractivity contribution in [1.29, 1.82) is 5.26 Å². The Kier molecular flexibility index (Phi) is 4.94. The third-order valence-electron chi connectivity index (χ3n) is 3.71. The molecule has 116 valence electrons. The number of carbonyl (C=O) groups is 2. The van der Waals surface area contributed by atoms with Gasteiger partial charge in [0, 0.05) is 18.8 Å².